The lowest BCUT2D eigenvalue weighted by molar-refractivity contribution is 0.412. The van der Waals surface area contributed by atoms with Crippen LogP contribution >= 0.6 is 15.9 Å². The second-order valence-corrected chi connectivity index (χ2v) is 4.92. The zero-order valence-electron chi connectivity index (χ0n) is 10.5. The summed E-state index contributed by atoms with van der Waals surface area (Å²) in [6, 6.07) is 5.92. The summed E-state index contributed by atoms with van der Waals surface area (Å²) in [4.78, 5) is 0. The molecule has 18 heavy (non-hydrogen) atoms. The quantitative estimate of drug-likeness (QED) is 0.910. The van der Waals surface area contributed by atoms with Gasteiger partial charge in [-0.1, -0.05) is 13.3 Å². The highest BCUT2D eigenvalue weighted by Gasteiger charge is 2.13. The molecule has 1 aromatic carbocycles. The van der Waals surface area contributed by atoms with E-state index in [2.05, 4.69) is 33.1 Å². The average Bonchev–Trinajstić information content (AvgIpc) is 2.72. The summed E-state index contributed by atoms with van der Waals surface area (Å²) >= 11 is 3.48. The Morgan fingerprint density at radius 3 is 2.83 bits per heavy atom. The maximum Gasteiger partial charge on any atom is 0.149 e. The fourth-order valence-electron chi connectivity index (χ4n) is 1.94. The molecule has 0 saturated heterocycles. The van der Waals surface area contributed by atoms with Gasteiger partial charge in [-0.15, -0.1) is 0 Å². The molecule has 0 radical (unpaired) electrons. The van der Waals surface area contributed by atoms with Crippen LogP contribution in [-0.4, -0.2) is 17.3 Å². The van der Waals surface area contributed by atoms with Gasteiger partial charge < -0.3 is 10.5 Å². The molecule has 0 aliphatic carbocycles. The summed E-state index contributed by atoms with van der Waals surface area (Å²) in [6.07, 6.45) is 1.95. The van der Waals surface area contributed by atoms with E-state index in [-0.39, 0.29) is 0 Å². The SMILES string of the molecule is CCCc1c(N)n[nH]c1-c1ccc(OC)c(Br)c1. The van der Waals surface area contributed by atoms with Crippen LogP contribution in [0.4, 0.5) is 5.82 Å². The number of hydrogen-bond donors (Lipinski definition) is 2. The van der Waals surface area contributed by atoms with E-state index < -0.39 is 0 Å². The second kappa shape index (κ2) is 5.44. The van der Waals surface area contributed by atoms with E-state index in [1.807, 2.05) is 18.2 Å². The van der Waals surface area contributed by atoms with Gasteiger partial charge in [0, 0.05) is 11.1 Å². The van der Waals surface area contributed by atoms with Crippen LogP contribution in [0.25, 0.3) is 11.3 Å². The van der Waals surface area contributed by atoms with Gasteiger partial charge in [-0.05, 0) is 40.5 Å². The number of aromatic amines is 1. The Morgan fingerprint density at radius 1 is 1.44 bits per heavy atom. The number of rotatable bonds is 4. The van der Waals surface area contributed by atoms with Crippen molar-refractivity contribution in [1.29, 1.82) is 0 Å². The van der Waals surface area contributed by atoms with Crippen molar-refractivity contribution in [3.63, 3.8) is 0 Å². The van der Waals surface area contributed by atoms with Crippen LogP contribution in [0, 0.1) is 0 Å². The van der Waals surface area contributed by atoms with Crippen molar-refractivity contribution in [2.45, 2.75) is 19.8 Å². The van der Waals surface area contributed by atoms with Gasteiger partial charge in [0.15, 0.2) is 0 Å². The predicted octanol–water partition coefficient (Wildman–Crippen LogP) is 3.38. The largest absolute Gasteiger partial charge is 0.496 e. The number of nitrogens with one attached hydrogen (secondary N) is 1. The number of halogens is 1. The van der Waals surface area contributed by atoms with Crippen molar-refractivity contribution in [3.05, 3.63) is 28.2 Å². The molecule has 0 saturated carbocycles. The average molecular weight is 310 g/mol. The third kappa shape index (κ3) is 2.36. The van der Waals surface area contributed by atoms with Gasteiger partial charge >= 0.3 is 0 Å². The third-order valence-electron chi connectivity index (χ3n) is 2.84. The Morgan fingerprint density at radius 2 is 2.22 bits per heavy atom. The molecular formula is C13H16BrN3O. The number of ether oxygens (including phenoxy) is 1. The summed E-state index contributed by atoms with van der Waals surface area (Å²) in [7, 11) is 1.65. The number of nitrogen functional groups attached to an aromatic ring is 1. The molecule has 5 heteroatoms. The number of methoxy groups -OCH3 is 1. The smallest absolute Gasteiger partial charge is 0.149 e. The summed E-state index contributed by atoms with van der Waals surface area (Å²) in [5.41, 5.74) is 8.99. The molecule has 0 unspecified atom stereocenters. The highest BCUT2D eigenvalue weighted by molar-refractivity contribution is 9.10. The van der Waals surface area contributed by atoms with Crippen molar-refractivity contribution in [2.24, 2.45) is 0 Å². The molecule has 0 fully saturated rings. The van der Waals surface area contributed by atoms with Gasteiger partial charge in [0.1, 0.15) is 11.6 Å². The number of hydrogen-bond acceptors (Lipinski definition) is 3. The molecule has 2 aromatic rings. The maximum atomic E-state index is 5.88. The zero-order chi connectivity index (χ0) is 13.1. The van der Waals surface area contributed by atoms with E-state index in [1.54, 1.807) is 7.11 Å². The van der Waals surface area contributed by atoms with Crippen LogP contribution in [-0.2, 0) is 6.42 Å². The molecule has 0 spiro atoms. The van der Waals surface area contributed by atoms with E-state index in [1.165, 1.54) is 0 Å². The Balaban J connectivity index is 2.45. The lowest BCUT2D eigenvalue weighted by atomic mass is 10.0. The summed E-state index contributed by atoms with van der Waals surface area (Å²) < 4.78 is 6.14. The molecule has 1 heterocycles. The van der Waals surface area contributed by atoms with Gasteiger partial charge in [0.2, 0.25) is 0 Å². The van der Waals surface area contributed by atoms with Crippen LogP contribution < -0.4 is 10.5 Å². The van der Waals surface area contributed by atoms with Gasteiger partial charge in [-0.3, -0.25) is 5.10 Å². The van der Waals surface area contributed by atoms with Crippen LogP contribution in [0.3, 0.4) is 0 Å². The Kier molecular flexibility index (Phi) is 3.91. The molecule has 0 bridgehead atoms. The van der Waals surface area contributed by atoms with Crippen molar-refractivity contribution in [2.75, 3.05) is 12.8 Å². The molecule has 4 nitrogen and oxygen atoms in total. The van der Waals surface area contributed by atoms with Gasteiger partial charge in [0.05, 0.1) is 17.3 Å². The first-order valence-corrected chi connectivity index (χ1v) is 6.63. The summed E-state index contributed by atoms with van der Waals surface area (Å²) in [5, 5.41) is 7.09. The Bertz CT molecular complexity index is 551. The third-order valence-corrected chi connectivity index (χ3v) is 3.46. The monoisotopic (exact) mass is 309 g/mol. The van der Waals surface area contributed by atoms with E-state index in [4.69, 9.17) is 10.5 Å². The van der Waals surface area contributed by atoms with Crippen molar-refractivity contribution in [3.8, 4) is 17.0 Å². The summed E-state index contributed by atoms with van der Waals surface area (Å²) in [5.74, 6) is 1.39. The second-order valence-electron chi connectivity index (χ2n) is 4.06. The van der Waals surface area contributed by atoms with E-state index in [0.29, 0.717) is 5.82 Å². The lowest BCUT2D eigenvalue weighted by Gasteiger charge is -2.07. The van der Waals surface area contributed by atoms with Crippen LogP contribution in [0.5, 0.6) is 5.75 Å². The first kappa shape index (κ1) is 13.0. The molecule has 2 rings (SSSR count). The number of nitrogens with two attached hydrogens (primary N) is 1. The number of benzene rings is 1. The molecule has 0 amide bonds. The fourth-order valence-corrected chi connectivity index (χ4v) is 2.48. The van der Waals surface area contributed by atoms with E-state index in [9.17, 15) is 0 Å². The zero-order valence-corrected chi connectivity index (χ0v) is 12.0. The van der Waals surface area contributed by atoms with Gasteiger partial charge in [0.25, 0.3) is 0 Å². The minimum Gasteiger partial charge on any atom is -0.496 e. The standard InChI is InChI=1S/C13H16BrN3O/c1-3-4-9-12(16-17-13(9)15)8-5-6-11(18-2)10(14)7-8/h5-7H,3-4H2,1-2H3,(H3,15,16,17). The predicted molar refractivity (Wildman–Crippen MR) is 76.7 cm³/mol. The van der Waals surface area contributed by atoms with Crippen molar-refractivity contribution < 1.29 is 4.74 Å². The van der Waals surface area contributed by atoms with Crippen LogP contribution in [0.1, 0.15) is 18.9 Å². The topological polar surface area (TPSA) is 63.9 Å². The summed E-state index contributed by atoms with van der Waals surface area (Å²) in [6.45, 7) is 2.13. The fraction of sp³-hybridized carbons (Fsp3) is 0.308. The van der Waals surface area contributed by atoms with Crippen molar-refractivity contribution >= 4 is 21.7 Å². The van der Waals surface area contributed by atoms with E-state index in [0.717, 1.165) is 39.9 Å². The first-order valence-electron chi connectivity index (χ1n) is 5.84. The minimum absolute atomic E-state index is 0.582. The molecular weight excluding hydrogens is 294 g/mol. The van der Waals surface area contributed by atoms with Crippen LogP contribution in [0.15, 0.2) is 22.7 Å². The number of nitrogens with zero attached hydrogens (tertiary/aromatic N) is 1. The molecule has 3 N–H and O–H groups in total. The highest BCUT2D eigenvalue weighted by atomic mass is 79.9. The van der Waals surface area contributed by atoms with E-state index >= 15 is 0 Å². The number of aromatic nitrogens is 2. The molecule has 96 valence electrons. The number of H-pyrrole nitrogens is 1. The van der Waals surface area contributed by atoms with Crippen molar-refractivity contribution in [1.82, 2.24) is 10.2 Å². The molecule has 0 atom stereocenters. The number of anilines is 1. The van der Waals surface area contributed by atoms with Gasteiger partial charge in [-0.25, -0.2) is 0 Å². The van der Waals surface area contributed by atoms with Gasteiger partial charge in [-0.2, -0.15) is 5.10 Å². The normalized spacial score (nSPS) is 10.6. The lowest BCUT2D eigenvalue weighted by Crippen LogP contribution is -1.93. The highest BCUT2D eigenvalue weighted by Crippen LogP contribution is 2.32. The molecule has 0 aliphatic heterocycles. The minimum atomic E-state index is 0.582. The maximum absolute atomic E-state index is 5.88. The Hall–Kier alpha value is -1.49. The molecule has 1 aromatic heterocycles. The first-order chi connectivity index (χ1) is 8.67. The van der Waals surface area contributed by atoms with Crippen LogP contribution in [0.2, 0.25) is 0 Å². The molecule has 0 aliphatic rings. The Labute approximate surface area is 115 Å².